The average Bonchev–Trinajstić information content (AvgIpc) is 2.95. The van der Waals surface area contributed by atoms with Crippen LogP contribution < -0.4 is 4.72 Å². The highest BCUT2D eigenvalue weighted by Gasteiger charge is 2.30. The molecule has 2 aromatic carbocycles. The van der Waals surface area contributed by atoms with E-state index in [1.54, 1.807) is 0 Å². The molecule has 0 atom stereocenters. The zero-order valence-electron chi connectivity index (χ0n) is 12.7. The summed E-state index contributed by atoms with van der Waals surface area (Å²) < 4.78 is 60.2. The molecular formula is C16H11F2NO4S2. The number of hydrogen-bond donors (Lipinski definition) is 1. The van der Waals surface area contributed by atoms with Crippen LogP contribution >= 0.6 is 11.3 Å². The molecule has 0 aliphatic heterocycles. The molecule has 0 aliphatic carbocycles. The average molecular weight is 383 g/mol. The lowest BCUT2D eigenvalue weighted by atomic mass is 10.2. The molecule has 0 bridgehead atoms. The molecule has 0 saturated carbocycles. The van der Waals surface area contributed by atoms with Gasteiger partial charge in [-0.3, -0.25) is 4.72 Å². The molecule has 25 heavy (non-hydrogen) atoms. The summed E-state index contributed by atoms with van der Waals surface area (Å²) in [6.07, 6.45) is 0. The molecule has 0 fully saturated rings. The van der Waals surface area contributed by atoms with Crippen molar-refractivity contribution in [2.45, 2.75) is 4.90 Å². The number of ether oxygens (including phenoxy) is 1. The monoisotopic (exact) mass is 383 g/mol. The predicted molar refractivity (Wildman–Crippen MR) is 90.3 cm³/mol. The number of rotatable bonds is 4. The Balaban J connectivity index is 2.23. The maximum atomic E-state index is 14.3. The van der Waals surface area contributed by atoms with E-state index >= 15 is 0 Å². The van der Waals surface area contributed by atoms with Crippen molar-refractivity contribution in [3.8, 4) is 0 Å². The Kier molecular flexibility index (Phi) is 4.44. The minimum Gasteiger partial charge on any atom is -0.465 e. The second-order valence-corrected chi connectivity index (χ2v) is 7.65. The van der Waals surface area contributed by atoms with Crippen LogP contribution in [0.2, 0.25) is 0 Å². The number of methoxy groups -OCH3 is 1. The van der Waals surface area contributed by atoms with Gasteiger partial charge in [-0.1, -0.05) is 12.1 Å². The fourth-order valence-electron chi connectivity index (χ4n) is 2.32. The first-order valence-corrected chi connectivity index (χ1v) is 9.21. The number of carbonyl (C=O) groups excluding carboxylic acids is 1. The Morgan fingerprint density at radius 3 is 2.56 bits per heavy atom. The fourth-order valence-corrected chi connectivity index (χ4v) is 5.21. The van der Waals surface area contributed by atoms with Crippen LogP contribution in [-0.2, 0) is 14.8 Å². The first-order valence-electron chi connectivity index (χ1n) is 6.91. The van der Waals surface area contributed by atoms with Crippen LogP contribution in [0.4, 0.5) is 14.5 Å². The Bertz CT molecular complexity index is 1080. The summed E-state index contributed by atoms with van der Waals surface area (Å²) in [5.74, 6) is -2.33. The normalized spacial score (nSPS) is 11.5. The number of sulfonamides is 1. The molecule has 0 saturated heterocycles. The van der Waals surface area contributed by atoms with Crippen LogP contribution in [0.3, 0.4) is 0 Å². The SMILES string of the molecule is COC(=O)c1sc2cccc(F)c2c1S(=O)(=O)Nc1cccc(F)c1. The zero-order chi connectivity index (χ0) is 18.2. The van der Waals surface area contributed by atoms with Gasteiger partial charge in [0.15, 0.2) is 0 Å². The van der Waals surface area contributed by atoms with Gasteiger partial charge < -0.3 is 4.74 Å². The molecule has 1 aromatic heterocycles. The van der Waals surface area contributed by atoms with Gasteiger partial charge in [-0.25, -0.2) is 22.0 Å². The number of thiophene rings is 1. The summed E-state index contributed by atoms with van der Waals surface area (Å²) in [4.78, 5) is 11.2. The molecule has 3 rings (SSSR count). The molecular weight excluding hydrogens is 372 g/mol. The van der Waals surface area contributed by atoms with Crippen molar-refractivity contribution in [1.29, 1.82) is 0 Å². The minimum absolute atomic E-state index is 0.0495. The number of halogens is 2. The molecule has 0 amide bonds. The van der Waals surface area contributed by atoms with E-state index in [1.807, 2.05) is 0 Å². The zero-order valence-corrected chi connectivity index (χ0v) is 14.4. The highest BCUT2D eigenvalue weighted by molar-refractivity contribution is 7.93. The molecule has 0 aliphatic rings. The number of carbonyl (C=O) groups is 1. The second-order valence-electron chi connectivity index (χ2n) is 4.98. The number of esters is 1. The van der Waals surface area contributed by atoms with E-state index in [4.69, 9.17) is 0 Å². The summed E-state index contributed by atoms with van der Waals surface area (Å²) >= 11 is 0.804. The summed E-state index contributed by atoms with van der Waals surface area (Å²) in [5, 5.41) is -0.211. The highest BCUT2D eigenvalue weighted by Crippen LogP contribution is 2.37. The van der Waals surface area contributed by atoms with Gasteiger partial charge in [-0.15, -0.1) is 11.3 Å². The van der Waals surface area contributed by atoms with E-state index < -0.39 is 32.5 Å². The van der Waals surface area contributed by atoms with Gasteiger partial charge >= 0.3 is 5.97 Å². The van der Waals surface area contributed by atoms with Crippen molar-refractivity contribution < 1.29 is 26.7 Å². The number of fused-ring (bicyclic) bond motifs is 1. The van der Waals surface area contributed by atoms with Gasteiger partial charge in [-0.2, -0.15) is 0 Å². The third-order valence-electron chi connectivity index (χ3n) is 3.34. The summed E-state index contributed by atoms with van der Waals surface area (Å²) in [7, 11) is -3.27. The molecule has 5 nitrogen and oxygen atoms in total. The Morgan fingerprint density at radius 1 is 1.16 bits per heavy atom. The van der Waals surface area contributed by atoms with Crippen molar-refractivity contribution >= 4 is 43.1 Å². The van der Waals surface area contributed by atoms with Crippen LogP contribution in [0.15, 0.2) is 47.4 Å². The standard InChI is InChI=1S/C16H11F2NO4S2/c1-23-16(20)14-15(13-11(18)6-3-7-12(13)24-14)25(21,22)19-10-5-2-4-9(17)8-10/h2-8,19H,1H3. The van der Waals surface area contributed by atoms with Crippen molar-refractivity contribution in [1.82, 2.24) is 0 Å². The Hall–Kier alpha value is -2.52. The number of nitrogens with one attached hydrogen (secondary N) is 1. The fraction of sp³-hybridized carbons (Fsp3) is 0.0625. The van der Waals surface area contributed by atoms with Crippen molar-refractivity contribution in [2.24, 2.45) is 0 Å². The molecule has 0 radical (unpaired) electrons. The highest BCUT2D eigenvalue weighted by atomic mass is 32.2. The molecule has 0 unspecified atom stereocenters. The van der Waals surface area contributed by atoms with E-state index in [0.29, 0.717) is 0 Å². The molecule has 9 heteroatoms. The van der Waals surface area contributed by atoms with E-state index in [-0.39, 0.29) is 20.7 Å². The van der Waals surface area contributed by atoms with Gasteiger partial charge in [0.25, 0.3) is 10.0 Å². The Labute approximate surface area is 145 Å². The number of benzene rings is 2. The quantitative estimate of drug-likeness (QED) is 0.696. The topological polar surface area (TPSA) is 72.5 Å². The smallest absolute Gasteiger partial charge is 0.349 e. The van der Waals surface area contributed by atoms with E-state index in [0.717, 1.165) is 36.6 Å². The van der Waals surface area contributed by atoms with Gasteiger partial charge in [-0.05, 0) is 30.3 Å². The van der Waals surface area contributed by atoms with Crippen LogP contribution in [0, 0.1) is 11.6 Å². The van der Waals surface area contributed by atoms with Gasteiger partial charge in [0.05, 0.1) is 12.8 Å². The lowest BCUT2D eigenvalue weighted by Crippen LogP contribution is -2.16. The van der Waals surface area contributed by atoms with E-state index in [2.05, 4.69) is 9.46 Å². The van der Waals surface area contributed by atoms with E-state index in [1.165, 1.54) is 24.3 Å². The summed E-state index contributed by atoms with van der Waals surface area (Å²) in [6, 6.07) is 8.78. The third kappa shape index (κ3) is 3.20. The summed E-state index contributed by atoms with van der Waals surface area (Å²) in [5.41, 5.74) is -0.0495. The minimum atomic E-state index is -4.37. The molecule has 3 aromatic rings. The van der Waals surface area contributed by atoms with E-state index in [9.17, 15) is 22.0 Å². The third-order valence-corrected chi connectivity index (χ3v) is 6.05. The predicted octanol–water partition coefficient (Wildman–Crippen LogP) is 3.77. The maximum Gasteiger partial charge on any atom is 0.349 e. The van der Waals surface area contributed by atoms with Gasteiger partial charge in [0.2, 0.25) is 0 Å². The first-order chi connectivity index (χ1) is 11.8. The van der Waals surface area contributed by atoms with Crippen molar-refractivity contribution in [3.63, 3.8) is 0 Å². The molecule has 0 spiro atoms. The largest absolute Gasteiger partial charge is 0.465 e. The second kappa shape index (κ2) is 6.41. The molecule has 1 N–H and O–H groups in total. The summed E-state index contributed by atoms with van der Waals surface area (Å²) in [6.45, 7) is 0. The lowest BCUT2D eigenvalue weighted by molar-refractivity contribution is 0.0602. The van der Waals surface area contributed by atoms with Crippen LogP contribution in [0.1, 0.15) is 9.67 Å². The van der Waals surface area contributed by atoms with Crippen molar-refractivity contribution in [2.75, 3.05) is 11.8 Å². The first kappa shape index (κ1) is 17.3. The van der Waals surface area contributed by atoms with Crippen LogP contribution in [0.25, 0.3) is 10.1 Å². The van der Waals surface area contributed by atoms with Crippen molar-refractivity contribution in [3.05, 3.63) is 59.0 Å². The van der Waals surface area contributed by atoms with Crippen LogP contribution in [0.5, 0.6) is 0 Å². The molecule has 130 valence electrons. The number of hydrogen-bond acceptors (Lipinski definition) is 5. The van der Waals surface area contributed by atoms with Gasteiger partial charge in [0, 0.05) is 10.1 Å². The molecule has 1 heterocycles. The number of anilines is 1. The lowest BCUT2D eigenvalue weighted by Gasteiger charge is -2.09. The maximum absolute atomic E-state index is 14.3. The Morgan fingerprint density at radius 2 is 1.88 bits per heavy atom. The van der Waals surface area contributed by atoms with Gasteiger partial charge in [0.1, 0.15) is 21.4 Å². The van der Waals surface area contributed by atoms with Crippen LogP contribution in [-0.4, -0.2) is 21.5 Å².